The molecule has 0 aromatic heterocycles. The molecule has 1 aromatic carbocycles. The number of ketones is 1. The molecule has 5 fully saturated rings. The number of anilines is 1. The van der Waals surface area contributed by atoms with Gasteiger partial charge >= 0.3 is 0 Å². The maximum atomic E-state index is 14.0. The highest BCUT2D eigenvalue weighted by atomic mass is 16.5. The van der Waals surface area contributed by atoms with Crippen LogP contribution in [0.5, 0.6) is 0 Å². The number of rotatable bonds is 6. The average molecular weight is 495 g/mol. The summed E-state index contributed by atoms with van der Waals surface area (Å²) >= 11 is 0. The zero-order valence-electron chi connectivity index (χ0n) is 21.2. The maximum absolute atomic E-state index is 14.0. The number of amides is 2. The number of nitrogens with one attached hydrogen (secondary N) is 1. The Bertz CT molecular complexity index is 995. The molecule has 194 valence electrons. The average Bonchev–Trinajstić information content (AvgIpc) is 3.27. The molecule has 36 heavy (non-hydrogen) atoms. The number of ether oxygens (including phenoxy) is 1. The fraction of sp³-hybridized carbons (Fsp3) is 0.679. The molecule has 2 amide bonds. The van der Waals surface area contributed by atoms with Gasteiger partial charge in [-0.15, -0.1) is 0 Å². The van der Waals surface area contributed by atoms with Gasteiger partial charge in [0.1, 0.15) is 18.7 Å². The summed E-state index contributed by atoms with van der Waals surface area (Å²) < 4.78 is 5.87. The second-order valence-electron chi connectivity index (χ2n) is 11.5. The fourth-order valence-electron chi connectivity index (χ4n) is 6.82. The van der Waals surface area contributed by atoms with Crippen molar-refractivity contribution in [2.75, 3.05) is 51.3 Å². The third-order valence-electron chi connectivity index (χ3n) is 9.16. The van der Waals surface area contributed by atoms with Crippen molar-refractivity contribution in [2.45, 2.75) is 56.7 Å². The summed E-state index contributed by atoms with van der Waals surface area (Å²) in [4.78, 5) is 46.4. The van der Waals surface area contributed by atoms with Crippen LogP contribution in [0.4, 0.5) is 5.69 Å². The van der Waals surface area contributed by atoms with E-state index in [1.807, 2.05) is 24.3 Å². The predicted molar refractivity (Wildman–Crippen MR) is 136 cm³/mol. The number of nitrogens with zero attached hydrogens (tertiary/aromatic N) is 3. The quantitative estimate of drug-likeness (QED) is 0.651. The first-order valence-corrected chi connectivity index (χ1v) is 13.8. The van der Waals surface area contributed by atoms with Crippen LogP contribution < -0.4 is 10.2 Å². The van der Waals surface area contributed by atoms with Crippen molar-refractivity contribution >= 4 is 23.3 Å². The summed E-state index contributed by atoms with van der Waals surface area (Å²) in [7, 11) is 2.14. The zero-order chi connectivity index (χ0) is 24.8. The van der Waals surface area contributed by atoms with E-state index in [4.69, 9.17) is 4.74 Å². The molecule has 2 aliphatic carbocycles. The van der Waals surface area contributed by atoms with Gasteiger partial charge in [0.25, 0.3) is 5.91 Å². The number of fused-ring (bicyclic) bond motifs is 1. The summed E-state index contributed by atoms with van der Waals surface area (Å²) in [6, 6.07) is 6.67. The molecule has 3 heterocycles. The zero-order valence-corrected chi connectivity index (χ0v) is 21.2. The van der Waals surface area contributed by atoms with Crippen LogP contribution in [0.15, 0.2) is 24.3 Å². The molecule has 0 unspecified atom stereocenters. The van der Waals surface area contributed by atoms with E-state index in [1.165, 1.54) is 0 Å². The lowest BCUT2D eigenvalue weighted by Crippen LogP contribution is -2.54. The van der Waals surface area contributed by atoms with Crippen molar-refractivity contribution < 1.29 is 19.1 Å². The number of hydrogen-bond donors (Lipinski definition) is 1. The molecule has 5 aliphatic rings. The van der Waals surface area contributed by atoms with E-state index < -0.39 is 12.1 Å². The number of Topliss-reactive ketones (excluding diaryl/α,β-unsaturated/α-hetero) is 1. The SMILES string of the molecule is CN1CCN(c2ccc(C(=O)N[C@H](C(=O)N3C[C@@H](C4CC4)[C@H]4OCC(=O)[C@H]43)C3CCCC3)cc2)CC1. The van der Waals surface area contributed by atoms with Crippen LogP contribution in [0.25, 0.3) is 0 Å². The number of piperazine rings is 1. The van der Waals surface area contributed by atoms with Crippen LogP contribution in [-0.2, 0) is 14.3 Å². The van der Waals surface area contributed by atoms with Crippen molar-refractivity contribution in [2.24, 2.45) is 17.8 Å². The van der Waals surface area contributed by atoms with E-state index in [0.29, 0.717) is 18.0 Å². The molecule has 0 spiro atoms. The Balaban J connectivity index is 1.17. The Morgan fingerprint density at radius 1 is 1.00 bits per heavy atom. The molecular weight excluding hydrogens is 456 g/mol. The van der Waals surface area contributed by atoms with Gasteiger partial charge in [0, 0.05) is 49.9 Å². The first kappa shape index (κ1) is 23.9. The second kappa shape index (κ2) is 9.78. The standard InChI is InChI=1S/C28H38N4O4/c1-30-12-14-31(15-13-30)21-10-8-20(9-11-21)27(34)29-24(19-4-2-3-5-19)28(35)32-16-22(18-6-7-18)26-25(32)23(33)17-36-26/h8-11,18-19,22,24-26H,2-7,12-17H2,1H3,(H,29,34)/t22-,24-,25+,26+/m0/s1. The highest BCUT2D eigenvalue weighted by molar-refractivity contribution is 5.99. The van der Waals surface area contributed by atoms with Crippen LogP contribution in [0.3, 0.4) is 0 Å². The minimum atomic E-state index is -0.593. The summed E-state index contributed by atoms with van der Waals surface area (Å²) in [6.45, 7) is 4.68. The molecule has 3 aliphatic heterocycles. The van der Waals surface area contributed by atoms with E-state index in [-0.39, 0.29) is 42.1 Å². The van der Waals surface area contributed by atoms with Crippen molar-refractivity contribution in [3.05, 3.63) is 29.8 Å². The van der Waals surface area contributed by atoms with Gasteiger partial charge in [0.05, 0.1) is 6.10 Å². The number of hydrogen-bond acceptors (Lipinski definition) is 6. The lowest BCUT2D eigenvalue weighted by molar-refractivity contribution is -0.139. The molecule has 2 saturated carbocycles. The summed E-state index contributed by atoms with van der Waals surface area (Å²) in [5, 5.41) is 3.11. The minimum absolute atomic E-state index is 0.00694. The van der Waals surface area contributed by atoms with E-state index in [0.717, 1.165) is 70.4 Å². The van der Waals surface area contributed by atoms with E-state index >= 15 is 0 Å². The van der Waals surface area contributed by atoms with Gasteiger partial charge < -0.3 is 24.8 Å². The van der Waals surface area contributed by atoms with Gasteiger partial charge in [-0.2, -0.15) is 0 Å². The molecule has 1 N–H and O–H groups in total. The van der Waals surface area contributed by atoms with E-state index in [2.05, 4.69) is 22.2 Å². The summed E-state index contributed by atoms with van der Waals surface area (Å²) in [5.74, 6) is 0.608. The highest BCUT2D eigenvalue weighted by Crippen LogP contribution is 2.46. The first-order chi connectivity index (χ1) is 17.5. The third kappa shape index (κ3) is 4.54. The number of likely N-dealkylation sites (tertiary alicyclic amines) is 1. The highest BCUT2D eigenvalue weighted by Gasteiger charge is 2.57. The molecule has 8 nitrogen and oxygen atoms in total. The monoisotopic (exact) mass is 494 g/mol. The Kier molecular flexibility index (Phi) is 6.50. The van der Waals surface area contributed by atoms with Gasteiger partial charge in [-0.05, 0) is 68.8 Å². The number of carbonyl (C=O) groups excluding carboxylic acids is 3. The summed E-state index contributed by atoms with van der Waals surface area (Å²) in [6.07, 6.45) is 6.14. The van der Waals surface area contributed by atoms with E-state index in [9.17, 15) is 14.4 Å². The fourth-order valence-corrected chi connectivity index (χ4v) is 6.82. The lowest BCUT2D eigenvalue weighted by Gasteiger charge is -2.34. The molecule has 1 aromatic rings. The van der Waals surface area contributed by atoms with Crippen molar-refractivity contribution in [1.29, 1.82) is 0 Å². The predicted octanol–water partition coefficient (Wildman–Crippen LogP) is 1.93. The van der Waals surface area contributed by atoms with Gasteiger partial charge in [-0.3, -0.25) is 14.4 Å². The smallest absolute Gasteiger partial charge is 0.251 e. The molecule has 0 radical (unpaired) electrons. The van der Waals surface area contributed by atoms with Gasteiger partial charge in [0.2, 0.25) is 5.91 Å². The Hall–Kier alpha value is -2.45. The minimum Gasteiger partial charge on any atom is -0.369 e. The molecule has 4 atom stereocenters. The van der Waals surface area contributed by atoms with Crippen LogP contribution in [0.2, 0.25) is 0 Å². The third-order valence-corrected chi connectivity index (χ3v) is 9.16. The largest absolute Gasteiger partial charge is 0.369 e. The maximum Gasteiger partial charge on any atom is 0.251 e. The second-order valence-corrected chi connectivity index (χ2v) is 11.5. The van der Waals surface area contributed by atoms with Crippen molar-refractivity contribution in [3.63, 3.8) is 0 Å². The topological polar surface area (TPSA) is 82.2 Å². The van der Waals surface area contributed by atoms with Gasteiger partial charge in [-0.1, -0.05) is 12.8 Å². The summed E-state index contributed by atoms with van der Waals surface area (Å²) in [5.41, 5.74) is 1.69. The number of carbonyl (C=O) groups is 3. The van der Waals surface area contributed by atoms with Crippen LogP contribution in [-0.4, -0.2) is 92.0 Å². The van der Waals surface area contributed by atoms with Crippen LogP contribution in [0, 0.1) is 17.8 Å². The van der Waals surface area contributed by atoms with Crippen molar-refractivity contribution in [1.82, 2.24) is 15.1 Å². The lowest BCUT2D eigenvalue weighted by atomic mass is 9.95. The Labute approximate surface area is 213 Å². The van der Waals surface area contributed by atoms with Crippen LogP contribution in [0.1, 0.15) is 48.9 Å². The molecule has 8 heteroatoms. The number of likely N-dealkylation sites (N-methyl/N-ethyl adjacent to an activating group) is 1. The molecular formula is C28H38N4O4. The Morgan fingerprint density at radius 2 is 1.69 bits per heavy atom. The molecule has 0 bridgehead atoms. The van der Waals surface area contributed by atoms with E-state index in [1.54, 1.807) is 4.90 Å². The van der Waals surface area contributed by atoms with Crippen molar-refractivity contribution in [3.8, 4) is 0 Å². The van der Waals surface area contributed by atoms with Crippen LogP contribution >= 0.6 is 0 Å². The Morgan fingerprint density at radius 3 is 2.36 bits per heavy atom. The van der Waals surface area contributed by atoms with Gasteiger partial charge in [0.15, 0.2) is 5.78 Å². The number of benzene rings is 1. The molecule has 3 saturated heterocycles. The normalized spacial score (nSPS) is 30.0. The first-order valence-electron chi connectivity index (χ1n) is 13.8. The molecule has 6 rings (SSSR count). The van der Waals surface area contributed by atoms with Gasteiger partial charge in [-0.25, -0.2) is 0 Å².